The summed E-state index contributed by atoms with van der Waals surface area (Å²) >= 11 is 0. The van der Waals surface area contributed by atoms with E-state index in [0.717, 1.165) is 24.7 Å². The molecule has 25 heavy (non-hydrogen) atoms. The summed E-state index contributed by atoms with van der Waals surface area (Å²) in [5, 5.41) is 11.4. The zero-order valence-corrected chi connectivity index (χ0v) is 15.1. The van der Waals surface area contributed by atoms with Gasteiger partial charge in [-0.05, 0) is 62.7 Å². The van der Waals surface area contributed by atoms with Crippen LogP contribution >= 0.6 is 0 Å². The zero-order chi connectivity index (χ0) is 18.2. The molecule has 0 aromatic rings. The van der Waals surface area contributed by atoms with Crippen molar-refractivity contribution in [3.05, 3.63) is 12.2 Å². The van der Waals surface area contributed by atoms with Crippen molar-refractivity contribution in [2.75, 3.05) is 6.54 Å². The molecule has 140 valence electrons. The molecule has 5 atom stereocenters. The maximum absolute atomic E-state index is 11.7. The van der Waals surface area contributed by atoms with E-state index in [2.05, 4.69) is 22.5 Å². The fraction of sp³-hybridized carbons (Fsp3) is 0.737. The molecule has 0 saturated heterocycles. The number of unbranched alkanes of at least 4 members (excludes halogenated alkanes) is 1. The molecular formula is C19H31N3O3. The number of carboxylic acid groups (broad SMARTS) is 1. The van der Waals surface area contributed by atoms with Gasteiger partial charge < -0.3 is 16.2 Å². The van der Waals surface area contributed by atoms with E-state index in [9.17, 15) is 9.59 Å². The second kappa shape index (κ2) is 9.70. The van der Waals surface area contributed by atoms with Gasteiger partial charge in [0.2, 0.25) is 5.91 Å². The van der Waals surface area contributed by atoms with Gasteiger partial charge in [0.25, 0.3) is 0 Å². The van der Waals surface area contributed by atoms with Crippen molar-refractivity contribution in [1.29, 1.82) is 0 Å². The predicted octanol–water partition coefficient (Wildman–Crippen LogP) is 2.14. The first-order valence-electron chi connectivity index (χ1n) is 9.43. The van der Waals surface area contributed by atoms with Gasteiger partial charge in [-0.25, -0.2) is 0 Å². The van der Waals surface area contributed by atoms with Crippen molar-refractivity contribution in [1.82, 2.24) is 5.32 Å². The fourth-order valence-electron chi connectivity index (χ4n) is 3.59. The van der Waals surface area contributed by atoms with Crippen molar-refractivity contribution in [2.45, 2.75) is 64.0 Å². The summed E-state index contributed by atoms with van der Waals surface area (Å²) in [4.78, 5) is 26.3. The molecule has 6 heteroatoms. The van der Waals surface area contributed by atoms with Gasteiger partial charge in [-0.3, -0.25) is 14.6 Å². The Balaban J connectivity index is 0.000000261. The first kappa shape index (κ1) is 19.6. The van der Waals surface area contributed by atoms with Crippen molar-refractivity contribution in [3.63, 3.8) is 0 Å². The van der Waals surface area contributed by atoms with E-state index in [0.29, 0.717) is 19.4 Å². The minimum Gasteiger partial charge on any atom is -0.480 e. The number of hydrogen-bond donors (Lipinski definition) is 3. The number of fused-ring (bicyclic) bond motifs is 2. The molecule has 4 N–H and O–H groups in total. The summed E-state index contributed by atoms with van der Waals surface area (Å²) in [6.07, 6.45) is 13.7. The molecule has 1 heterocycles. The molecule has 2 bridgehead atoms. The molecule has 0 aromatic heterocycles. The Bertz CT molecular complexity index is 506. The summed E-state index contributed by atoms with van der Waals surface area (Å²) in [6, 6.07) is -1.06. The van der Waals surface area contributed by atoms with E-state index in [1.165, 1.54) is 19.3 Å². The van der Waals surface area contributed by atoms with Gasteiger partial charge >= 0.3 is 5.97 Å². The van der Waals surface area contributed by atoms with Crippen LogP contribution in [0.25, 0.3) is 0 Å². The lowest BCUT2D eigenvalue weighted by Gasteiger charge is -2.13. The highest BCUT2D eigenvalue weighted by Crippen LogP contribution is 2.38. The normalized spacial score (nSPS) is 30.0. The van der Waals surface area contributed by atoms with Crippen LogP contribution in [0.2, 0.25) is 0 Å². The molecule has 1 aliphatic heterocycles. The standard InChI is InChI=1S/C12H21N3O3.C7H10/c1-8-5-7-14-10(8)11(16)15-6-3-2-4-9(13)12(17)18;1-2-7-4-3-6(1)5-7/h7-10H,2-6,13H2,1H3,(H,15,16)(H,17,18);1-2,6-7H,3-5H2/t8-,9+,10-;/m1./s1. The molecule has 0 radical (unpaired) electrons. The Morgan fingerprint density at radius 1 is 1.28 bits per heavy atom. The molecular weight excluding hydrogens is 318 g/mol. The predicted molar refractivity (Wildman–Crippen MR) is 98.5 cm³/mol. The van der Waals surface area contributed by atoms with Gasteiger partial charge in [0, 0.05) is 12.8 Å². The minimum atomic E-state index is -0.979. The number of nitrogens with zero attached hydrogens (tertiary/aromatic N) is 1. The molecule has 1 fully saturated rings. The van der Waals surface area contributed by atoms with Crippen LogP contribution in [0.4, 0.5) is 0 Å². The number of allylic oxidation sites excluding steroid dienone is 2. The van der Waals surface area contributed by atoms with Crippen molar-refractivity contribution < 1.29 is 14.7 Å². The molecule has 2 aliphatic carbocycles. The maximum Gasteiger partial charge on any atom is 0.320 e. The molecule has 0 spiro atoms. The molecule has 1 saturated carbocycles. The average molecular weight is 349 g/mol. The molecule has 3 rings (SSSR count). The lowest BCUT2D eigenvalue weighted by Crippen LogP contribution is -2.36. The van der Waals surface area contributed by atoms with Gasteiger partial charge in [-0.2, -0.15) is 0 Å². The van der Waals surface area contributed by atoms with Gasteiger partial charge in [0.15, 0.2) is 0 Å². The molecule has 2 unspecified atom stereocenters. The van der Waals surface area contributed by atoms with E-state index >= 15 is 0 Å². The minimum absolute atomic E-state index is 0.0428. The summed E-state index contributed by atoms with van der Waals surface area (Å²) in [7, 11) is 0. The number of aliphatic imine (C=N–C) groups is 1. The highest BCUT2D eigenvalue weighted by Gasteiger charge is 2.26. The van der Waals surface area contributed by atoms with E-state index in [-0.39, 0.29) is 17.9 Å². The highest BCUT2D eigenvalue weighted by atomic mass is 16.4. The molecule has 1 amide bonds. The summed E-state index contributed by atoms with van der Waals surface area (Å²) in [5.74, 6) is 1.23. The fourth-order valence-corrected chi connectivity index (χ4v) is 3.59. The monoisotopic (exact) mass is 349 g/mol. The summed E-state index contributed by atoms with van der Waals surface area (Å²) in [6.45, 7) is 2.55. The third kappa shape index (κ3) is 6.27. The van der Waals surface area contributed by atoms with Crippen LogP contribution in [0.5, 0.6) is 0 Å². The van der Waals surface area contributed by atoms with Crippen LogP contribution in [-0.4, -0.2) is 41.8 Å². The van der Waals surface area contributed by atoms with Gasteiger partial charge in [0.05, 0.1) is 0 Å². The topological polar surface area (TPSA) is 105 Å². The lowest BCUT2D eigenvalue weighted by atomic mass is 10.0. The lowest BCUT2D eigenvalue weighted by molar-refractivity contribution is -0.138. The second-order valence-electron chi connectivity index (χ2n) is 7.44. The highest BCUT2D eigenvalue weighted by molar-refractivity contribution is 5.85. The Morgan fingerprint density at radius 3 is 2.40 bits per heavy atom. The largest absolute Gasteiger partial charge is 0.480 e. The van der Waals surface area contributed by atoms with Crippen LogP contribution in [0, 0.1) is 17.8 Å². The van der Waals surface area contributed by atoms with Gasteiger partial charge in [-0.15, -0.1) is 0 Å². The first-order chi connectivity index (χ1) is 12.0. The first-order valence-corrected chi connectivity index (χ1v) is 9.43. The average Bonchev–Trinajstić information content (AvgIpc) is 3.32. The Kier molecular flexibility index (Phi) is 7.62. The Labute approximate surface area is 150 Å². The molecule has 3 aliphatic rings. The molecule has 6 nitrogen and oxygen atoms in total. The van der Waals surface area contributed by atoms with Gasteiger partial charge in [0.1, 0.15) is 12.1 Å². The maximum atomic E-state index is 11.7. The van der Waals surface area contributed by atoms with E-state index in [1.54, 1.807) is 6.21 Å². The Morgan fingerprint density at radius 2 is 1.96 bits per heavy atom. The number of rotatable bonds is 7. The number of nitrogens with two attached hydrogens (primary N) is 1. The van der Waals surface area contributed by atoms with E-state index < -0.39 is 12.0 Å². The van der Waals surface area contributed by atoms with Crippen LogP contribution < -0.4 is 11.1 Å². The number of aliphatic carboxylic acids is 1. The van der Waals surface area contributed by atoms with Crippen LogP contribution in [-0.2, 0) is 9.59 Å². The van der Waals surface area contributed by atoms with Crippen molar-refractivity contribution in [3.8, 4) is 0 Å². The number of hydrogen-bond acceptors (Lipinski definition) is 4. The smallest absolute Gasteiger partial charge is 0.320 e. The van der Waals surface area contributed by atoms with Crippen LogP contribution in [0.1, 0.15) is 51.9 Å². The number of carbonyl (C=O) groups is 2. The number of nitrogens with one attached hydrogen (secondary N) is 1. The zero-order valence-electron chi connectivity index (χ0n) is 15.1. The quantitative estimate of drug-likeness (QED) is 0.484. The van der Waals surface area contributed by atoms with Crippen LogP contribution in [0.3, 0.4) is 0 Å². The summed E-state index contributed by atoms with van der Waals surface area (Å²) < 4.78 is 0. The number of amides is 1. The number of carboxylic acids is 1. The van der Waals surface area contributed by atoms with Crippen molar-refractivity contribution >= 4 is 18.1 Å². The molecule has 0 aromatic carbocycles. The van der Waals surface area contributed by atoms with E-state index in [4.69, 9.17) is 10.8 Å². The van der Waals surface area contributed by atoms with Crippen LogP contribution in [0.15, 0.2) is 17.1 Å². The SMILES string of the molecule is C1=CC2CCC1C2.C[C@@H]1CC=N[C@H]1C(=O)NCCCC[C@H](N)C(=O)O. The van der Waals surface area contributed by atoms with Gasteiger partial charge in [-0.1, -0.05) is 19.1 Å². The number of carbonyl (C=O) groups excluding carboxylic acids is 1. The third-order valence-electron chi connectivity index (χ3n) is 5.28. The van der Waals surface area contributed by atoms with E-state index in [1.807, 2.05) is 6.92 Å². The summed E-state index contributed by atoms with van der Waals surface area (Å²) in [5.41, 5.74) is 5.37. The Hall–Kier alpha value is -1.69. The van der Waals surface area contributed by atoms with Crippen molar-refractivity contribution in [2.24, 2.45) is 28.5 Å². The third-order valence-corrected chi connectivity index (χ3v) is 5.28. The second-order valence-corrected chi connectivity index (χ2v) is 7.44.